The first kappa shape index (κ1) is 13.9. The van der Waals surface area contributed by atoms with E-state index in [0.29, 0.717) is 17.9 Å². The Labute approximate surface area is 118 Å². The van der Waals surface area contributed by atoms with E-state index in [0.717, 1.165) is 5.56 Å². The summed E-state index contributed by atoms with van der Waals surface area (Å²) < 4.78 is 5.06. The van der Waals surface area contributed by atoms with Gasteiger partial charge in [0.1, 0.15) is 0 Å². The van der Waals surface area contributed by atoms with Gasteiger partial charge >= 0.3 is 0 Å². The molecule has 0 bridgehead atoms. The summed E-state index contributed by atoms with van der Waals surface area (Å²) in [7, 11) is 3.24. The van der Waals surface area contributed by atoms with Crippen molar-refractivity contribution in [1.29, 1.82) is 0 Å². The van der Waals surface area contributed by atoms with Gasteiger partial charge in [-0.15, -0.1) is 0 Å². The number of rotatable bonds is 4. The summed E-state index contributed by atoms with van der Waals surface area (Å²) >= 11 is 0. The van der Waals surface area contributed by atoms with Gasteiger partial charge in [-0.1, -0.05) is 24.3 Å². The number of phenolic OH excluding ortho intramolecular Hbond substituents is 1. The van der Waals surface area contributed by atoms with Crippen LogP contribution in [0.5, 0.6) is 11.5 Å². The molecule has 0 saturated carbocycles. The number of methoxy groups -OCH3 is 1. The van der Waals surface area contributed by atoms with Crippen LogP contribution in [-0.4, -0.2) is 30.1 Å². The van der Waals surface area contributed by atoms with Crippen LogP contribution in [0, 0.1) is 0 Å². The molecule has 104 valence electrons. The minimum absolute atomic E-state index is 0.0439. The molecule has 0 unspecified atom stereocenters. The topological polar surface area (TPSA) is 49.8 Å². The highest BCUT2D eigenvalue weighted by molar-refractivity contribution is 5.93. The maximum Gasteiger partial charge on any atom is 0.253 e. The van der Waals surface area contributed by atoms with E-state index in [2.05, 4.69) is 0 Å². The molecule has 4 nitrogen and oxygen atoms in total. The van der Waals surface area contributed by atoms with E-state index in [1.54, 1.807) is 42.3 Å². The summed E-state index contributed by atoms with van der Waals surface area (Å²) in [4.78, 5) is 13.8. The van der Waals surface area contributed by atoms with Crippen LogP contribution in [0.3, 0.4) is 0 Å². The van der Waals surface area contributed by atoms with Crippen molar-refractivity contribution < 1.29 is 14.6 Å². The van der Waals surface area contributed by atoms with Crippen LogP contribution in [-0.2, 0) is 6.54 Å². The molecule has 0 atom stereocenters. The highest BCUT2D eigenvalue weighted by Gasteiger charge is 2.12. The Bertz CT molecular complexity index is 596. The van der Waals surface area contributed by atoms with Crippen LogP contribution < -0.4 is 4.74 Å². The Kier molecular flexibility index (Phi) is 4.25. The van der Waals surface area contributed by atoms with Gasteiger partial charge in [0.2, 0.25) is 0 Å². The molecule has 2 aromatic carbocycles. The van der Waals surface area contributed by atoms with Crippen molar-refractivity contribution in [2.75, 3.05) is 14.2 Å². The Morgan fingerprint density at radius 1 is 1.20 bits per heavy atom. The molecule has 4 heteroatoms. The lowest BCUT2D eigenvalue weighted by molar-refractivity contribution is 0.0785. The zero-order valence-corrected chi connectivity index (χ0v) is 11.5. The molecule has 0 spiro atoms. The number of hydrogen-bond acceptors (Lipinski definition) is 3. The summed E-state index contributed by atoms with van der Waals surface area (Å²) in [6.45, 7) is 0.449. The zero-order chi connectivity index (χ0) is 14.5. The average molecular weight is 271 g/mol. The van der Waals surface area contributed by atoms with Crippen LogP contribution in [0.2, 0.25) is 0 Å². The molecule has 0 heterocycles. The first-order valence-corrected chi connectivity index (χ1v) is 6.28. The smallest absolute Gasteiger partial charge is 0.253 e. The fourth-order valence-electron chi connectivity index (χ4n) is 1.97. The second-order valence-electron chi connectivity index (χ2n) is 4.53. The zero-order valence-electron chi connectivity index (χ0n) is 11.5. The Morgan fingerprint density at radius 2 is 1.90 bits per heavy atom. The summed E-state index contributed by atoms with van der Waals surface area (Å²) in [5.41, 5.74) is 1.55. The summed E-state index contributed by atoms with van der Waals surface area (Å²) in [6, 6.07) is 14.2. The summed E-state index contributed by atoms with van der Waals surface area (Å²) in [5, 5.41) is 9.55. The lowest BCUT2D eigenvalue weighted by Gasteiger charge is -2.18. The summed E-state index contributed by atoms with van der Waals surface area (Å²) in [5.74, 6) is 0.453. The van der Waals surface area contributed by atoms with E-state index in [9.17, 15) is 9.90 Å². The van der Waals surface area contributed by atoms with Crippen LogP contribution in [0.25, 0.3) is 0 Å². The second kappa shape index (κ2) is 6.10. The molecule has 0 aliphatic carbocycles. The molecular weight excluding hydrogens is 254 g/mol. The van der Waals surface area contributed by atoms with Crippen molar-refractivity contribution in [3.05, 3.63) is 59.7 Å². The maximum absolute atomic E-state index is 12.2. The quantitative estimate of drug-likeness (QED) is 0.930. The molecule has 0 fully saturated rings. The van der Waals surface area contributed by atoms with E-state index in [1.165, 1.54) is 7.11 Å². The number of carbonyl (C=O) groups is 1. The maximum atomic E-state index is 12.2. The van der Waals surface area contributed by atoms with E-state index in [-0.39, 0.29) is 11.7 Å². The molecule has 0 aliphatic rings. The van der Waals surface area contributed by atoms with Crippen molar-refractivity contribution in [2.24, 2.45) is 0 Å². The molecule has 2 rings (SSSR count). The number of amides is 1. The van der Waals surface area contributed by atoms with Gasteiger partial charge in [0.05, 0.1) is 7.11 Å². The molecule has 1 amide bonds. The Morgan fingerprint density at radius 3 is 2.55 bits per heavy atom. The van der Waals surface area contributed by atoms with Crippen molar-refractivity contribution in [3.8, 4) is 11.5 Å². The van der Waals surface area contributed by atoms with Gasteiger partial charge in [-0.3, -0.25) is 4.79 Å². The molecule has 2 aromatic rings. The highest BCUT2D eigenvalue weighted by Crippen LogP contribution is 2.26. The van der Waals surface area contributed by atoms with Crippen LogP contribution in [0.1, 0.15) is 15.9 Å². The molecule has 0 aromatic heterocycles. The van der Waals surface area contributed by atoms with Crippen molar-refractivity contribution in [2.45, 2.75) is 6.54 Å². The number of hydrogen-bond donors (Lipinski definition) is 1. The minimum Gasteiger partial charge on any atom is -0.504 e. The monoisotopic (exact) mass is 271 g/mol. The first-order valence-electron chi connectivity index (χ1n) is 6.28. The predicted octanol–water partition coefficient (Wildman–Crippen LogP) is 2.67. The molecule has 20 heavy (non-hydrogen) atoms. The second-order valence-corrected chi connectivity index (χ2v) is 4.53. The van der Waals surface area contributed by atoms with Crippen molar-refractivity contribution >= 4 is 5.91 Å². The van der Waals surface area contributed by atoms with Gasteiger partial charge in [-0.05, 0) is 29.8 Å². The normalized spacial score (nSPS) is 10.1. The number of carbonyl (C=O) groups excluding carboxylic acids is 1. The van der Waals surface area contributed by atoms with Gasteiger partial charge in [-0.25, -0.2) is 0 Å². The Balaban J connectivity index is 2.12. The Hall–Kier alpha value is -2.49. The fourth-order valence-corrected chi connectivity index (χ4v) is 1.97. The van der Waals surface area contributed by atoms with Crippen LogP contribution in [0.15, 0.2) is 48.5 Å². The molecule has 0 radical (unpaired) electrons. The standard InChI is InChI=1S/C16H17NO3/c1-17(16(19)13-6-4-3-5-7-13)11-12-8-9-14(18)15(10-12)20-2/h3-10,18H,11H2,1-2H3. The van der Waals surface area contributed by atoms with Crippen LogP contribution in [0.4, 0.5) is 0 Å². The number of nitrogens with zero attached hydrogens (tertiary/aromatic N) is 1. The fraction of sp³-hybridized carbons (Fsp3) is 0.188. The van der Waals surface area contributed by atoms with Crippen LogP contribution >= 0.6 is 0 Å². The molecule has 1 N–H and O–H groups in total. The predicted molar refractivity (Wildman–Crippen MR) is 76.9 cm³/mol. The van der Waals surface area contributed by atoms with Gasteiger partial charge in [0.15, 0.2) is 11.5 Å². The average Bonchev–Trinajstić information content (AvgIpc) is 2.49. The van der Waals surface area contributed by atoms with Crippen molar-refractivity contribution in [3.63, 3.8) is 0 Å². The lowest BCUT2D eigenvalue weighted by Crippen LogP contribution is -2.26. The van der Waals surface area contributed by atoms with Gasteiger partial charge in [-0.2, -0.15) is 0 Å². The SMILES string of the molecule is COc1cc(CN(C)C(=O)c2ccccc2)ccc1O. The number of ether oxygens (including phenoxy) is 1. The largest absolute Gasteiger partial charge is 0.504 e. The molecule has 0 saturated heterocycles. The number of benzene rings is 2. The molecular formula is C16H17NO3. The van der Waals surface area contributed by atoms with E-state index in [4.69, 9.17) is 4.74 Å². The third-order valence-corrected chi connectivity index (χ3v) is 3.03. The molecule has 0 aliphatic heterocycles. The van der Waals surface area contributed by atoms with Gasteiger partial charge < -0.3 is 14.7 Å². The first-order chi connectivity index (χ1) is 9.61. The van der Waals surface area contributed by atoms with Gasteiger partial charge in [0, 0.05) is 19.2 Å². The summed E-state index contributed by atoms with van der Waals surface area (Å²) in [6.07, 6.45) is 0. The number of phenols is 1. The number of aromatic hydroxyl groups is 1. The third-order valence-electron chi connectivity index (χ3n) is 3.03. The van der Waals surface area contributed by atoms with E-state index in [1.807, 2.05) is 18.2 Å². The lowest BCUT2D eigenvalue weighted by atomic mass is 10.1. The minimum atomic E-state index is -0.0439. The van der Waals surface area contributed by atoms with Gasteiger partial charge in [0.25, 0.3) is 5.91 Å². The van der Waals surface area contributed by atoms with E-state index >= 15 is 0 Å². The third kappa shape index (κ3) is 3.09. The van der Waals surface area contributed by atoms with Crippen molar-refractivity contribution in [1.82, 2.24) is 4.90 Å². The van der Waals surface area contributed by atoms with E-state index < -0.39 is 0 Å². The highest BCUT2D eigenvalue weighted by atomic mass is 16.5.